The molecule has 0 aliphatic carbocycles. The van der Waals surface area contributed by atoms with Crippen LogP contribution in [0.3, 0.4) is 0 Å². The number of ether oxygens (including phenoxy) is 1. The molecular formula is C4H8O. The molecule has 0 aromatic rings. The molecule has 5 heavy (non-hydrogen) atoms. The summed E-state index contributed by atoms with van der Waals surface area (Å²) in [7, 11) is 0. The highest BCUT2D eigenvalue weighted by Crippen LogP contribution is 1.98. The lowest BCUT2D eigenvalue weighted by Gasteiger charge is -1.76. The largest absolute Gasteiger partial charge is 0.381 e. The van der Waals surface area contributed by atoms with Gasteiger partial charge in [0.15, 0.2) is 0 Å². The molecule has 1 aliphatic heterocycles. The van der Waals surface area contributed by atoms with E-state index in [1.54, 1.807) is 0 Å². The maximum atomic E-state index is 7.03. The van der Waals surface area contributed by atoms with E-state index in [0.29, 0.717) is 13.2 Å². The highest BCUT2D eigenvalue weighted by Gasteiger charge is 1.94. The van der Waals surface area contributed by atoms with Crippen LogP contribution in [-0.4, -0.2) is 13.2 Å². The van der Waals surface area contributed by atoms with Crippen LogP contribution in [0.4, 0.5) is 0 Å². The van der Waals surface area contributed by atoms with E-state index < -0.39 is 0 Å². The molecule has 2 unspecified atom stereocenters. The molecule has 1 nitrogen and oxygen atoms in total. The van der Waals surface area contributed by atoms with Gasteiger partial charge in [-0.05, 0) is 12.8 Å². The summed E-state index contributed by atoms with van der Waals surface area (Å²) in [5.74, 6) is 0. The minimum Gasteiger partial charge on any atom is -0.381 e. The van der Waals surface area contributed by atoms with Gasteiger partial charge in [0.2, 0.25) is 0 Å². The van der Waals surface area contributed by atoms with E-state index in [0.717, 1.165) is 0 Å². The molecule has 0 bridgehead atoms. The average Bonchev–Trinajstić information content (AvgIpc) is 1.91. The predicted octanol–water partition coefficient (Wildman–Crippen LogP) is 0.797. The third kappa shape index (κ3) is 0.618. The van der Waals surface area contributed by atoms with Crippen molar-refractivity contribution in [3.8, 4) is 0 Å². The SMILES string of the molecule is [2H]C1COCC1[2H]. The summed E-state index contributed by atoms with van der Waals surface area (Å²) in [5, 5.41) is 0. The zero-order chi connectivity index (χ0) is 5.28. The average molecular weight is 74.1 g/mol. The van der Waals surface area contributed by atoms with Crippen molar-refractivity contribution in [2.45, 2.75) is 12.8 Å². The predicted molar refractivity (Wildman–Crippen MR) is 20.1 cm³/mol. The Morgan fingerprint density at radius 1 is 1.40 bits per heavy atom. The fraction of sp³-hybridized carbons (Fsp3) is 1.00. The number of hydrogen-bond acceptors (Lipinski definition) is 1. The van der Waals surface area contributed by atoms with Crippen molar-refractivity contribution in [1.29, 1.82) is 0 Å². The third-order valence-electron chi connectivity index (χ3n) is 0.595. The highest BCUT2D eigenvalue weighted by molar-refractivity contribution is 4.43. The Labute approximate surface area is 34.8 Å². The standard InChI is InChI=1S/C4H8O/c1-2-4-5-3-1/h1-4H2/i1D,2D. The highest BCUT2D eigenvalue weighted by atomic mass is 16.5. The van der Waals surface area contributed by atoms with E-state index in [4.69, 9.17) is 7.48 Å². The van der Waals surface area contributed by atoms with Crippen molar-refractivity contribution in [2.75, 3.05) is 13.2 Å². The van der Waals surface area contributed by atoms with Gasteiger partial charge >= 0.3 is 0 Å². The molecular weight excluding hydrogens is 64.0 g/mol. The first-order valence-corrected chi connectivity index (χ1v) is 1.73. The number of hydrogen-bond donors (Lipinski definition) is 0. The van der Waals surface area contributed by atoms with E-state index in [9.17, 15) is 0 Å². The fourth-order valence-corrected chi connectivity index (χ4v) is 0.340. The molecule has 0 aromatic heterocycles. The molecule has 1 heterocycles. The van der Waals surface area contributed by atoms with Crippen molar-refractivity contribution in [1.82, 2.24) is 0 Å². The van der Waals surface area contributed by atoms with Gasteiger partial charge in [0.05, 0.1) is 0 Å². The van der Waals surface area contributed by atoms with Gasteiger partial charge in [-0.2, -0.15) is 0 Å². The molecule has 0 radical (unpaired) electrons. The maximum absolute atomic E-state index is 7.03. The van der Waals surface area contributed by atoms with Gasteiger partial charge in [-0.1, -0.05) is 0 Å². The van der Waals surface area contributed by atoms with Crippen molar-refractivity contribution < 1.29 is 7.48 Å². The second-order valence-corrected chi connectivity index (χ2v) is 1.01. The van der Waals surface area contributed by atoms with Gasteiger partial charge in [-0.15, -0.1) is 0 Å². The lowest BCUT2D eigenvalue weighted by molar-refractivity contribution is 0.198. The summed E-state index contributed by atoms with van der Waals surface area (Å²) in [6, 6.07) is 0. The maximum Gasteiger partial charge on any atom is 0.0466 e. The van der Waals surface area contributed by atoms with Crippen molar-refractivity contribution in [3.63, 3.8) is 0 Å². The van der Waals surface area contributed by atoms with Crippen molar-refractivity contribution >= 4 is 0 Å². The third-order valence-corrected chi connectivity index (χ3v) is 0.595. The summed E-state index contributed by atoms with van der Waals surface area (Å²) in [6.07, 6.45) is -0.583. The Morgan fingerprint density at radius 3 is 2.20 bits per heavy atom. The van der Waals surface area contributed by atoms with Crippen LogP contribution < -0.4 is 0 Å². The molecule has 0 aromatic carbocycles. The van der Waals surface area contributed by atoms with E-state index in [1.807, 2.05) is 0 Å². The van der Waals surface area contributed by atoms with Crippen LogP contribution in [0.5, 0.6) is 0 Å². The topological polar surface area (TPSA) is 9.23 Å². The molecule has 2 atom stereocenters. The van der Waals surface area contributed by atoms with Crippen LogP contribution in [0.2, 0.25) is 0 Å². The summed E-state index contributed by atoms with van der Waals surface area (Å²) in [5.41, 5.74) is 0. The van der Waals surface area contributed by atoms with Gasteiger partial charge < -0.3 is 4.74 Å². The molecule has 30 valence electrons. The molecule has 1 heteroatoms. The molecule has 1 fully saturated rings. The molecule has 0 spiro atoms. The van der Waals surface area contributed by atoms with Crippen LogP contribution >= 0.6 is 0 Å². The Hall–Kier alpha value is -0.0400. The minimum absolute atomic E-state index is 0.292. The molecule has 0 saturated carbocycles. The van der Waals surface area contributed by atoms with Gasteiger partial charge in [0.1, 0.15) is 0 Å². The summed E-state index contributed by atoms with van der Waals surface area (Å²) in [6.45, 7) is 0.905. The smallest absolute Gasteiger partial charge is 0.0466 e. The quantitative estimate of drug-likeness (QED) is 0.413. The summed E-state index contributed by atoms with van der Waals surface area (Å²) < 4.78 is 18.8. The second-order valence-electron chi connectivity index (χ2n) is 1.01. The minimum atomic E-state index is -0.292. The molecule has 0 amide bonds. The van der Waals surface area contributed by atoms with Crippen molar-refractivity contribution in [2.24, 2.45) is 0 Å². The zero-order valence-corrected chi connectivity index (χ0v) is 2.98. The molecule has 0 N–H and O–H groups in total. The monoisotopic (exact) mass is 74.1 g/mol. The van der Waals surface area contributed by atoms with Gasteiger partial charge in [-0.25, -0.2) is 0 Å². The molecule has 1 aliphatic rings. The second kappa shape index (κ2) is 1.41. The lowest BCUT2D eigenvalue weighted by atomic mass is 10.4. The first-order chi connectivity index (χ1) is 3.30. The first-order valence-electron chi connectivity index (χ1n) is 2.88. The van der Waals surface area contributed by atoms with E-state index in [-0.39, 0.29) is 12.8 Å². The van der Waals surface area contributed by atoms with Gasteiger partial charge in [0.25, 0.3) is 0 Å². The zero-order valence-electron chi connectivity index (χ0n) is 4.98. The van der Waals surface area contributed by atoms with E-state index >= 15 is 0 Å². The Bertz CT molecular complexity index is 58.7. The summed E-state index contributed by atoms with van der Waals surface area (Å²) in [4.78, 5) is 0. The van der Waals surface area contributed by atoms with E-state index in [2.05, 4.69) is 0 Å². The van der Waals surface area contributed by atoms with Crippen LogP contribution in [0.1, 0.15) is 15.5 Å². The fourth-order valence-electron chi connectivity index (χ4n) is 0.340. The Morgan fingerprint density at radius 2 is 2.00 bits per heavy atom. The first kappa shape index (κ1) is 1.61. The Kier molecular flexibility index (Phi) is 0.453. The molecule has 1 saturated heterocycles. The summed E-state index contributed by atoms with van der Waals surface area (Å²) >= 11 is 0. The van der Waals surface area contributed by atoms with Crippen LogP contribution in [-0.2, 0) is 4.74 Å². The van der Waals surface area contributed by atoms with Crippen molar-refractivity contribution in [3.05, 3.63) is 0 Å². The normalized spacial score (nSPS) is 59.2. The lowest BCUT2D eigenvalue weighted by Crippen LogP contribution is -1.74. The number of rotatable bonds is 0. The molecule has 1 rings (SSSR count). The van der Waals surface area contributed by atoms with Crippen LogP contribution in [0.15, 0.2) is 0 Å². The van der Waals surface area contributed by atoms with Crippen LogP contribution in [0, 0.1) is 0 Å². The van der Waals surface area contributed by atoms with Crippen LogP contribution in [0.25, 0.3) is 0 Å². The van der Waals surface area contributed by atoms with E-state index in [1.165, 1.54) is 0 Å². The van der Waals surface area contributed by atoms with Gasteiger partial charge in [-0.3, -0.25) is 0 Å². The van der Waals surface area contributed by atoms with Gasteiger partial charge in [0, 0.05) is 16.0 Å². The Balaban J connectivity index is 2.33.